The van der Waals surface area contributed by atoms with Crippen LogP contribution < -0.4 is 5.73 Å². The molecule has 1 aromatic carbocycles. The first-order valence-corrected chi connectivity index (χ1v) is 7.83. The first-order valence-electron chi connectivity index (χ1n) is 7.83. The van der Waals surface area contributed by atoms with E-state index in [1.54, 1.807) is 6.33 Å². The number of pyridine rings is 1. The number of hydrogen-bond donors (Lipinski definition) is 2. The Morgan fingerprint density at radius 1 is 1.19 bits per heavy atom. The van der Waals surface area contributed by atoms with Gasteiger partial charge in [-0.25, -0.2) is 9.97 Å². The fourth-order valence-corrected chi connectivity index (χ4v) is 3.69. The minimum Gasteiger partial charge on any atom is -0.382 e. The molecule has 0 unspecified atom stereocenters. The largest absolute Gasteiger partial charge is 0.382 e. The van der Waals surface area contributed by atoms with Crippen molar-refractivity contribution < 1.29 is 0 Å². The highest BCUT2D eigenvalue weighted by Crippen LogP contribution is 2.32. The molecule has 1 saturated carbocycles. The van der Waals surface area contributed by atoms with Crippen molar-refractivity contribution in [3.05, 3.63) is 30.1 Å². The standard InChI is InChI=1S/C17H20N4/c18-17-16-15(19-10-20-16)14-12(7-4-8-13(14)21-17)9-11-5-2-1-3-6-11/h4,7-8,10-11H,1-3,5-6,9H2,(H2,18,21)(H,19,20). The Morgan fingerprint density at radius 2 is 2.05 bits per heavy atom. The Hall–Kier alpha value is -2.10. The Kier molecular flexibility index (Phi) is 3.02. The number of imidazole rings is 1. The number of nitrogens with one attached hydrogen (secondary N) is 1. The van der Waals surface area contributed by atoms with E-state index in [2.05, 4.69) is 27.1 Å². The molecule has 2 heterocycles. The number of nitrogens with two attached hydrogens (primary N) is 1. The van der Waals surface area contributed by atoms with Gasteiger partial charge in [-0.15, -0.1) is 0 Å². The Labute approximate surface area is 123 Å². The maximum atomic E-state index is 6.02. The molecule has 0 amide bonds. The van der Waals surface area contributed by atoms with Gasteiger partial charge in [0.05, 0.1) is 11.8 Å². The third-order valence-corrected chi connectivity index (χ3v) is 4.74. The van der Waals surface area contributed by atoms with Crippen molar-refractivity contribution >= 4 is 27.8 Å². The summed E-state index contributed by atoms with van der Waals surface area (Å²) in [5, 5.41) is 1.17. The van der Waals surface area contributed by atoms with Gasteiger partial charge in [0, 0.05) is 5.39 Å². The summed E-state index contributed by atoms with van der Waals surface area (Å²) in [5.41, 5.74) is 10.2. The minimum atomic E-state index is 0.532. The number of nitrogens with zero attached hydrogens (tertiary/aromatic N) is 2. The molecule has 3 aromatic rings. The smallest absolute Gasteiger partial charge is 0.150 e. The lowest BCUT2D eigenvalue weighted by atomic mass is 9.84. The summed E-state index contributed by atoms with van der Waals surface area (Å²) in [7, 11) is 0. The molecular weight excluding hydrogens is 260 g/mol. The van der Waals surface area contributed by atoms with E-state index < -0.39 is 0 Å². The summed E-state index contributed by atoms with van der Waals surface area (Å²) in [6.07, 6.45) is 9.68. The van der Waals surface area contributed by atoms with Gasteiger partial charge in [0.2, 0.25) is 0 Å². The summed E-state index contributed by atoms with van der Waals surface area (Å²) >= 11 is 0. The first-order chi connectivity index (χ1) is 10.3. The van der Waals surface area contributed by atoms with E-state index in [-0.39, 0.29) is 0 Å². The Bertz CT molecular complexity index is 784. The lowest BCUT2D eigenvalue weighted by Gasteiger charge is -2.22. The van der Waals surface area contributed by atoms with Crippen molar-refractivity contribution in [1.82, 2.24) is 15.0 Å². The van der Waals surface area contributed by atoms with Gasteiger partial charge < -0.3 is 10.7 Å². The highest BCUT2D eigenvalue weighted by molar-refractivity contribution is 6.07. The van der Waals surface area contributed by atoms with E-state index >= 15 is 0 Å². The third-order valence-electron chi connectivity index (χ3n) is 4.74. The second-order valence-corrected chi connectivity index (χ2v) is 6.14. The van der Waals surface area contributed by atoms with Crippen LogP contribution in [-0.4, -0.2) is 15.0 Å². The number of nitrogen functional groups attached to an aromatic ring is 1. The first kappa shape index (κ1) is 12.6. The van der Waals surface area contributed by atoms with E-state index in [4.69, 9.17) is 5.73 Å². The SMILES string of the molecule is Nc1nc2cccc(CC3CCCCC3)c2c2nc[nH]c12. The lowest BCUT2D eigenvalue weighted by molar-refractivity contribution is 0.357. The van der Waals surface area contributed by atoms with Crippen molar-refractivity contribution in [3.63, 3.8) is 0 Å². The molecule has 1 aliphatic carbocycles. The molecular formula is C17H20N4. The maximum Gasteiger partial charge on any atom is 0.150 e. The van der Waals surface area contributed by atoms with E-state index in [0.29, 0.717) is 5.82 Å². The van der Waals surface area contributed by atoms with Crippen LogP contribution in [0.5, 0.6) is 0 Å². The summed E-state index contributed by atoms with van der Waals surface area (Å²) in [6.45, 7) is 0. The molecule has 0 aliphatic heterocycles. The normalized spacial score (nSPS) is 16.8. The summed E-state index contributed by atoms with van der Waals surface area (Å²) < 4.78 is 0. The lowest BCUT2D eigenvalue weighted by Crippen LogP contribution is -2.09. The molecule has 4 heteroatoms. The maximum absolute atomic E-state index is 6.02. The number of aromatic nitrogens is 3. The second-order valence-electron chi connectivity index (χ2n) is 6.14. The van der Waals surface area contributed by atoms with Crippen LogP contribution >= 0.6 is 0 Å². The van der Waals surface area contributed by atoms with Crippen molar-refractivity contribution in [2.45, 2.75) is 38.5 Å². The molecule has 21 heavy (non-hydrogen) atoms. The van der Waals surface area contributed by atoms with E-state index in [0.717, 1.165) is 28.9 Å². The highest BCUT2D eigenvalue weighted by Gasteiger charge is 2.17. The van der Waals surface area contributed by atoms with Crippen molar-refractivity contribution in [1.29, 1.82) is 0 Å². The third kappa shape index (κ3) is 2.15. The molecule has 1 aliphatic rings. The van der Waals surface area contributed by atoms with Crippen LogP contribution in [0.15, 0.2) is 24.5 Å². The minimum absolute atomic E-state index is 0.532. The van der Waals surface area contributed by atoms with Crippen LogP contribution in [0, 0.1) is 5.92 Å². The Balaban J connectivity index is 1.86. The van der Waals surface area contributed by atoms with Crippen LogP contribution in [0.25, 0.3) is 21.9 Å². The van der Waals surface area contributed by atoms with Gasteiger partial charge in [-0.3, -0.25) is 0 Å². The molecule has 3 N–H and O–H groups in total. The summed E-state index contributed by atoms with van der Waals surface area (Å²) in [5.74, 6) is 1.33. The van der Waals surface area contributed by atoms with Crippen molar-refractivity contribution in [2.24, 2.45) is 5.92 Å². The Morgan fingerprint density at radius 3 is 2.90 bits per heavy atom. The fraction of sp³-hybridized carbons (Fsp3) is 0.412. The fourth-order valence-electron chi connectivity index (χ4n) is 3.69. The van der Waals surface area contributed by atoms with Crippen LogP contribution in [0.4, 0.5) is 5.82 Å². The van der Waals surface area contributed by atoms with E-state index in [1.807, 2.05) is 6.07 Å². The van der Waals surface area contributed by atoms with Gasteiger partial charge in [-0.1, -0.05) is 44.2 Å². The van der Waals surface area contributed by atoms with Crippen LogP contribution in [0.3, 0.4) is 0 Å². The molecule has 108 valence electrons. The molecule has 0 atom stereocenters. The van der Waals surface area contributed by atoms with Gasteiger partial charge >= 0.3 is 0 Å². The highest BCUT2D eigenvalue weighted by atomic mass is 14.9. The monoisotopic (exact) mass is 280 g/mol. The van der Waals surface area contributed by atoms with Crippen molar-refractivity contribution in [3.8, 4) is 0 Å². The quantitative estimate of drug-likeness (QED) is 0.750. The van der Waals surface area contributed by atoms with Crippen LogP contribution in [0.2, 0.25) is 0 Å². The topological polar surface area (TPSA) is 67.6 Å². The summed E-state index contributed by atoms with van der Waals surface area (Å²) in [6, 6.07) is 6.35. The van der Waals surface area contributed by atoms with Crippen LogP contribution in [0.1, 0.15) is 37.7 Å². The van der Waals surface area contributed by atoms with Crippen LogP contribution in [-0.2, 0) is 6.42 Å². The van der Waals surface area contributed by atoms with Gasteiger partial charge in [0.15, 0.2) is 0 Å². The van der Waals surface area contributed by atoms with E-state index in [9.17, 15) is 0 Å². The average Bonchev–Trinajstić information content (AvgIpc) is 2.98. The van der Waals surface area contributed by atoms with Gasteiger partial charge in [-0.2, -0.15) is 0 Å². The molecule has 0 spiro atoms. The second kappa shape index (κ2) is 5.02. The number of benzene rings is 1. The molecule has 0 radical (unpaired) electrons. The number of aromatic amines is 1. The molecule has 1 fully saturated rings. The predicted octanol–water partition coefficient (Wildman–Crippen LogP) is 3.82. The van der Waals surface area contributed by atoms with Gasteiger partial charge in [-0.05, 0) is 24.0 Å². The zero-order chi connectivity index (χ0) is 14.2. The zero-order valence-electron chi connectivity index (χ0n) is 12.1. The number of rotatable bonds is 2. The number of H-pyrrole nitrogens is 1. The molecule has 4 rings (SSSR count). The molecule has 4 nitrogen and oxygen atoms in total. The van der Waals surface area contributed by atoms with E-state index in [1.165, 1.54) is 43.1 Å². The molecule has 0 bridgehead atoms. The zero-order valence-corrected chi connectivity index (χ0v) is 12.1. The predicted molar refractivity (Wildman–Crippen MR) is 86.1 cm³/mol. The molecule has 0 saturated heterocycles. The number of hydrogen-bond acceptors (Lipinski definition) is 3. The van der Waals surface area contributed by atoms with Gasteiger partial charge in [0.25, 0.3) is 0 Å². The number of anilines is 1. The van der Waals surface area contributed by atoms with Gasteiger partial charge in [0.1, 0.15) is 16.9 Å². The van der Waals surface area contributed by atoms with Crippen molar-refractivity contribution in [2.75, 3.05) is 5.73 Å². The molecule has 2 aromatic heterocycles. The average molecular weight is 280 g/mol. The summed E-state index contributed by atoms with van der Waals surface area (Å²) in [4.78, 5) is 12.1. The number of fused-ring (bicyclic) bond motifs is 3.